The first-order valence-electron chi connectivity index (χ1n) is 10.7. The van der Waals surface area contributed by atoms with Gasteiger partial charge in [-0.1, -0.05) is 74.4 Å². The fourth-order valence-corrected chi connectivity index (χ4v) is 5.71. The maximum absolute atomic E-state index is 13.3. The molecule has 3 aliphatic carbocycles. The maximum atomic E-state index is 13.3. The van der Waals surface area contributed by atoms with Gasteiger partial charge in [0, 0.05) is 18.4 Å². The maximum Gasteiger partial charge on any atom is 0.234 e. The molecular weight excluding hydrogens is 334 g/mol. The van der Waals surface area contributed by atoms with Crippen LogP contribution >= 0.6 is 0 Å². The quantitative estimate of drug-likeness (QED) is 0.379. The number of imide groups is 1. The number of allylic oxidation sites excluding steroid dienone is 2. The number of hydrogen-bond acceptors (Lipinski definition) is 2. The highest BCUT2D eigenvalue weighted by Crippen LogP contribution is 2.60. The lowest BCUT2D eigenvalue weighted by Gasteiger charge is -2.46. The Kier molecular flexibility index (Phi) is 4.96. The Labute approximate surface area is 162 Å². The fraction of sp³-hybridized carbons (Fsp3) is 0.583. The molecule has 144 valence electrons. The molecule has 1 aliphatic heterocycles. The molecule has 4 aliphatic rings. The summed E-state index contributed by atoms with van der Waals surface area (Å²) in [6.07, 6.45) is 7.02. The van der Waals surface area contributed by atoms with Crippen LogP contribution in [0.4, 0.5) is 0 Å². The van der Waals surface area contributed by atoms with Gasteiger partial charge in [-0.2, -0.15) is 0 Å². The highest BCUT2D eigenvalue weighted by Gasteiger charge is 2.60. The van der Waals surface area contributed by atoms with Crippen LogP contribution in [0, 0.1) is 11.8 Å². The Morgan fingerprint density at radius 1 is 0.778 bits per heavy atom. The molecule has 2 bridgehead atoms. The fourth-order valence-electron chi connectivity index (χ4n) is 5.71. The minimum Gasteiger partial charge on any atom is -0.282 e. The van der Waals surface area contributed by atoms with Gasteiger partial charge >= 0.3 is 0 Å². The van der Waals surface area contributed by atoms with Crippen molar-refractivity contribution >= 4 is 11.8 Å². The molecule has 1 fully saturated rings. The molecule has 3 heteroatoms. The molecule has 1 heterocycles. The standard InChI is InChI=1S/C24H31NO2/c1-4-5-6-7-8-11-14-25-23(26)21-19-15(2)16(3)20(22(21)24(25)27)18-13-10-9-12-17(18)19/h9-10,12-13,19-22H,4-8,11,14H2,1-3H3/t19-,20+,21-,22+. The van der Waals surface area contributed by atoms with Crippen LogP contribution in [0.5, 0.6) is 0 Å². The van der Waals surface area contributed by atoms with Crippen LogP contribution in [0.1, 0.15) is 82.3 Å². The summed E-state index contributed by atoms with van der Waals surface area (Å²) < 4.78 is 0. The van der Waals surface area contributed by atoms with Gasteiger partial charge in [-0.15, -0.1) is 0 Å². The lowest BCUT2D eigenvalue weighted by Crippen LogP contribution is -2.40. The lowest BCUT2D eigenvalue weighted by molar-refractivity contribution is -0.140. The number of rotatable bonds is 7. The highest BCUT2D eigenvalue weighted by atomic mass is 16.2. The van der Waals surface area contributed by atoms with Crippen LogP contribution in [0.15, 0.2) is 35.4 Å². The van der Waals surface area contributed by atoms with E-state index < -0.39 is 0 Å². The van der Waals surface area contributed by atoms with Gasteiger partial charge in [-0.05, 0) is 31.4 Å². The molecule has 0 aromatic heterocycles. The van der Waals surface area contributed by atoms with Crippen molar-refractivity contribution in [1.82, 2.24) is 4.90 Å². The molecule has 0 spiro atoms. The molecular formula is C24H31NO2. The van der Waals surface area contributed by atoms with Crippen LogP contribution in [-0.4, -0.2) is 23.3 Å². The van der Waals surface area contributed by atoms with Gasteiger partial charge in [-0.3, -0.25) is 14.5 Å². The number of nitrogens with zero attached hydrogens (tertiary/aromatic N) is 1. The van der Waals surface area contributed by atoms with E-state index >= 15 is 0 Å². The second kappa shape index (κ2) is 7.26. The van der Waals surface area contributed by atoms with Gasteiger partial charge in [0.1, 0.15) is 0 Å². The van der Waals surface area contributed by atoms with E-state index in [0.29, 0.717) is 6.54 Å². The van der Waals surface area contributed by atoms with Crippen LogP contribution in [-0.2, 0) is 9.59 Å². The topological polar surface area (TPSA) is 37.4 Å². The SMILES string of the molecule is CCCCCCCCN1C(=O)[C@@H]2[C@H](C1=O)[C@@H]1C(C)=C(C)[C@H]2c2ccccc21. The van der Waals surface area contributed by atoms with Crippen molar-refractivity contribution in [3.63, 3.8) is 0 Å². The summed E-state index contributed by atoms with van der Waals surface area (Å²) >= 11 is 0. The summed E-state index contributed by atoms with van der Waals surface area (Å²) in [5, 5.41) is 0. The third kappa shape index (κ3) is 2.78. The normalized spacial score (nSPS) is 28.8. The molecule has 4 atom stereocenters. The van der Waals surface area contributed by atoms with Crippen molar-refractivity contribution in [2.24, 2.45) is 11.8 Å². The van der Waals surface area contributed by atoms with Crippen LogP contribution < -0.4 is 0 Å². The molecule has 0 unspecified atom stereocenters. The van der Waals surface area contributed by atoms with Crippen molar-refractivity contribution in [3.05, 3.63) is 46.5 Å². The predicted molar refractivity (Wildman–Crippen MR) is 107 cm³/mol. The molecule has 3 nitrogen and oxygen atoms in total. The number of likely N-dealkylation sites (tertiary alicyclic amines) is 1. The van der Waals surface area contributed by atoms with E-state index in [-0.39, 0.29) is 35.5 Å². The number of carbonyl (C=O) groups excluding carboxylic acids is 2. The number of carbonyl (C=O) groups is 2. The summed E-state index contributed by atoms with van der Waals surface area (Å²) in [4.78, 5) is 28.1. The summed E-state index contributed by atoms with van der Waals surface area (Å²) in [7, 11) is 0. The highest BCUT2D eigenvalue weighted by molar-refractivity contribution is 6.07. The Hall–Kier alpha value is -1.90. The molecule has 5 rings (SSSR count). The number of benzene rings is 1. The second-order valence-electron chi connectivity index (χ2n) is 8.60. The van der Waals surface area contributed by atoms with Gasteiger partial charge < -0.3 is 0 Å². The van der Waals surface area contributed by atoms with Crippen LogP contribution in [0.3, 0.4) is 0 Å². The van der Waals surface area contributed by atoms with E-state index in [0.717, 1.165) is 12.8 Å². The van der Waals surface area contributed by atoms with E-state index in [2.05, 4.69) is 45.0 Å². The van der Waals surface area contributed by atoms with Crippen molar-refractivity contribution in [2.75, 3.05) is 6.54 Å². The zero-order chi connectivity index (χ0) is 19.1. The van der Waals surface area contributed by atoms with Crippen molar-refractivity contribution in [3.8, 4) is 0 Å². The van der Waals surface area contributed by atoms with E-state index in [9.17, 15) is 9.59 Å². The first-order valence-corrected chi connectivity index (χ1v) is 10.7. The molecule has 1 aromatic rings. The molecule has 27 heavy (non-hydrogen) atoms. The second-order valence-corrected chi connectivity index (χ2v) is 8.60. The smallest absolute Gasteiger partial charge is 0.234 e. The number of unbranched alkanes of at least 4 members (excludes halogenated alkanes) is 5. The first-order chi connectivity index (χ1) is 13.1. The first kappa shape index (κ1) is 18.5. The zero-order valence-corrected chi connectivity index (χ0v) is 16.8. The minimum atomic E-state index is -0.179. The third-order valence-corrected chi connectivity index (χ3v) is 7.16. The van der Waals surface area contributed by atoms with Gasteiger partial charge in [0.25, 0.3) is 0 Å². The van der Waals surface area contributed by atoms with Crippen molar-refractivity contribution < 1.29 is 9.59 Å². The largest absolute Gasteiger partial charge is 0.282 e. The lowest BCUT2D eigenvalue weighted by atomic mass is 9.55. The average Bonchev–Trinajstić information content (AvgIpc) is 2.92. The number of amides is 2. The number of hydrogen-bond donors (Lipinski definition) is 0. The average molecular weight is 366 g/mol. The molecule has 1 aromatic carbocycles. The van der Waals surface area contributed by atoms with Crippen LogP contribution in [0.2, 0.25) is 0 Å². The minimum absolute atomic E-state index is 0.0786. The summed E-state index contributed by atoms with van der Waals surface area (Å²) in [5.41, 5.74) is 5.16. The molecule has 0 N–H and O–H groups in total. The molecule has 0 radical (unpaired) electrons. The van der Waals surface area contributed by atoms with Crippen molar-refractivity contribution in [2.45, 2.75) is 71.1 Å². The van der Waals surface area contributed by atoms with E-state index in [1.54, 1.807) is 4.90 Å². The van der Waals surface area contributed by atoms with E-state index in [1.807, 2.05) is 0 Å². The Morgan fingerprint density at radius 2 is 1.26 bits per heavy atom. The monoisotopic (exact) mass is 365 g/mol. The van der Waals surface area contributed by atoms with Gasteiger partial charge in [0.15, 0.2) is 0 Å². The van der Waals surface area contributed by atoms with E-state index in [1.165, 1.54) is 48.0 Å². The molecule has 1 saturated heterocycles. The Balaban J connectivity index is 1.55. The van der Waals surface area contributed by atoms with E-state index in [4.69, 9.17) is 0 Å². The summed E-state index contributed by atoms with van der Waals surface area (Å²) in [6, 6.07) is 8.44. The molecule has 0 saturated carbocycles. The van der Waals surface area contributed by atoms with Gasteiger partial charge in [0.05, 0.1) is 11.8 Å². The van der Waals surface area contributed by atoms with Crippen molar-refractivity contribution in [1.29, 1.82) is 0 Å². The molecule has 2 amide bonds. The predicted octanol–water partition coefficient (Wildman–Crippen LogP) is 5.18. The summed E-state index contributed by atoms with van der Waals surface area (Å²) in [5.74, 6) is -0.0309. The van der Waals surface area contributed by atoms with Crippen LogP contribution in [0.25, 0.3) is 0 Å². The zero-order valence-electron chi connectivity index (χ0n) is 16.8. The Bertz CT molecular complexity index is 736. The van der Waals surface area contributed by atoms with Gasteiger partial charge in [-0.25, -0.2) is 0 Å². The van der Waals surface area contributed by atoms with Gasteiger partial charge in [0.2, 0.25) is 11.8 Å². The Morgan fingerprint density at radius 3 is 1.78 bits per heavy atom. The third-order valence-electron chi connectivity index (χ3n) is 7.16. The summed E-state index contributed by atoms with van der Waals surface area (Å²) in [6.45, 7) is 7.14.